The minimum Gasteiger partial charge on any atom is -0.392 e. The number of aliphatic hydroxyl groups is 1. The molecule has 2 N–H and O–H groups in total. The van der Waals surface area contributed by atoms with Gasteiger partial charge in [-0.1, -0.05) is 30.3 Å². The van der Waals surface area contributed by atoms with Gasteiger partial charge in [-0.15, -0.1) is 0 Å². The quantitative estimate of drug-likeness (QED) is 0.534. The fourth-order valence-corrected chi connectivity index (χ4v) is 4.78. The van der Waals surface area contributed by atoms with Gasteiger partial charge in [-0.05, 0) is 68.0 Å². The fourth-order valence-electron chi connectivity index (χ4n) is 4.78. The molecule has 1 unspecified atom stereocenters. The van der Waals surface area contributed by atoms with Crippen molar-refractivity contribution >= 4 is 23.2 Å². The lowest BCUT2D eigenvalue weighted by atomic mass is 10.1. The van der Waals surface area contributed by atoms with E-state index in [0.29, 0.717) is 12.0 Å². The highest BCUT2D eigenvalue weighted by molar-refractivity contribution is 6.05. The van der Waals surface area contributed by atoms with Gasteiger partial charge in [0.05, 0.1) is 6.61 Å². The molecule has 1 atom stereocenters. The Bertz CT molecular complexity index is 1060. The van der Waals surface area contributed by atoms with Gasteiger partial charge in [-0.3, -0.25) is 5.41 Å². The second kappa shape index (κ2) is 10.8. The van der Waals surface area contributed by atoms with Gasteiger partial charge in [-0.2, -0.15) is 4.99 Å². The highest BCUT2D eigenvalue weighted by Gasteiger charge is 2.25. The Hall–Kier alpha value is -3.19. The lowest BCUT2D eigenvalue weighted by Crippen LogP contribution is -2.49. The Morgan fingerprint density at radius 3 is 2.53 bits per heavy atom. The number of guanidine groups is 1. The second-order valence-electron chi connectivity index (χ2n) is 9.29. The van der Waals surface area contributed by atoms with Crippen molar-refractivity contribution in [3.05, 3.63) is 65.4 Å². The van der Waals surface area contributed by atoms with Gasteiger partial charge in [0.2, 0.25) is 5.96 Å². The summed E-state index contributed by atoms with van der Waals surface area (Å²) in [7, 11) is 0. The van der Waals surface area contributed by atoms with Gasteiger partial charge in [0.25, 0.3) is 0 Å². The third-order valence-electron chi connectivity index (χ3n) is 6.81. The molecule has 7 heteroatoms. The number of allylic oxidation sites excluding steroid dienone is 1. The lowest BCUT2D eigenvalue weighted by Gasteiger charge is -2.37. The third-order valence-corrected chi connectivity index (χ3v) is 6.81. The minimum atomic E-state index is 0.0103. The molecule has 0 aliphatic carbocycles. The topological polar surface area (TPSA) is 79.1 Å². The highest BCUT2D eigenvalue weighted by Crippen LogP contribution is 2.22. The number of aliphatic imine (C=N–C) groups is 1. The first-order valence-corrected chi connectivity index (χ1v) is 12.2. The zero-order valence-electron chi connectivity index (χ0n) is 20.5. The average molecular weight is 461 g/mol. The number of piperazine rings is 1. The summed E-state index contributed by atoms with van der Waals surface area (Å²) in [5.41, 5.74) is 4.23. The van der Waals surface area contributed by atoms with Gasteiger partial charge in [0, 0.05) is 45.0 Å². The van der Waals surface area contributed by atoms with Crippen LogP contribution < -0.4 is 4.90 Å². The number of aryl methyl sites for hydroxylation is 1. The highest BCUT2D eigenvalue weighted by atomic mass is 16.3. The van der Waals surface area contributed by atoms with E-state index in [0.717, 1.165) is 73.9 Å². The van der Waals surface area contributed by atoms with E-state index in [9.17, 15) is 5.11 Å². The van der Waals surface area contributed by atoms with Crippen molar-refractivity contribution < 1.29 is 5.11 Å². The van der Waals surface area contributed by atoms with Crippen LogP contribution in [0.1, 0.15) is 43.4 Å². The zero-order valence-corrected chi connectivity index (χ0v) is 20.5. The minimum absolute atomic E-state index is 0.0103. The van der Waals surface area contributed by atoms with Crippen LogP contribution in [0.3, 0.4) is 0 Å². The number of rotatable bonds is 4. The Morgan fingerprint density at radius 2 is 1.91 bits per heavy atom. The summed E-state index contributed by atoms with van der Waals surface area (Å²) in [6, 6.07) is 12.7. The molecule has 2 fully saturated rings. The van der Waals surface area contributed by atoms with Crippen LogP contribution >= 0.6 is 0 Å². The molecule has 7 nitrogen and oxygen atoms in total. The number of aliphatic hydroxyl groups excluding tert-OH is 1. The van der Waals surface area contributed by atoms with Gasteiger partial charge in [0.1, 0.15) is 11.7 Å². The third kappa shape index (κ3) is 5.47. The van der Waals surface area contributed by atoms with Crippen LogP contribution in [0, 0.1) is 12.3 Å². The van der Waals surface area contributed by atoms with E-state index < -0.39 is 0 Å². The molecule has 2 aromatic rings. The van der Waals surface area contributed by atoms with Crippen LogP contribution in [0.2, 0.25) is 0 Å². The van der Waals surface area contributed by atoms with Crippen LogP contribution in [0.15, 0.2) is 53.7 Å². The molecular weight excluding hydrogens is 424 g/mol. The van der Waals surface area contributed by atoms with Crippen molar-refractivity contribution in [3.8, 4) is 0 Å². The Balaban J connectivity index is 1.55. The second-order valence-corrected chi connectivity index (χ2v) is 9.29. The van der Waals surface area contributed by atoms with E-state index in [4.69, 9.17) is 10.4 Å². The molecule has 2 saturated heterocycles. The predicted octanol–water partition coefficient (Wildman–Crippen LogP) is 3.93. The lowest BCUT2D eigenvalue weighted by molar-refractivity contribution is 0.281. The number of anilines is 1. The molecule has 3 heterocycles. The number of likely N-dealkylation sites (tertiary alicyclic amines) is 1. The van der Waals surface area contributed by atoms with E-state index in [2.05, 4.69) is 51.7 Å². The molecule has 180 valence electrons. The number of hydrogen-bond acceptors (Lipinski definition) is 4. The first kappa shape index (κ1) is 24.0. The number of amidine groups is 1. The molecule has 0 bridgehead atoms. The van der Waals surface area contributed by atoms with Crippen molar-refractivity contribution in [1.82, 2.24) is 14.8 Å². The largest absolute Gasteiger partial charge is 0.392 e. The molecule has 0 saturated carbocycles. The molecule has 1 aromatic carbocycles. The first-order valence-electron chi connectivity index (χ1n) is 12.2. The van der Waals surface area contributed by atoms with E-state index >= 15 is 0 Å². The number of benzene rings is 1. The van der Waals surface area contributed by atoms with Crippen LogP contribution in [-0.4, -0.2) is 70.5 Å². The van der Waals surface area contributed by atoms with Crippen LogP contribution in [-0.2, 0) is 6.61 Å². The van der Waals surface area contributed by atoms with Gasteiger partial charge in [-0.25, -0.2) is 4.98 Å². The van der Waals surface area contributed by atoms with E-state index in [-0.39, 0.29) is 6.61 Å². The Kier molecular flexibility index (Phi) is 7.63. The molecular formula is C27H36N6O. The number of hydrogen-bond donors (Lipinski definition) is 2. The van der Waals surface area contributed by atoms with Crippen molar-refractivity contribution in [3.63, 3.8) is 0 Å². The van der Waals surface area contributed by atoms with Crippen LogP contribution in [0.4, 0.5) is 5.82 Å². The monoisotopic (exact) mass is 460 g/mol. The molecule has 4 rings (SSSR count). The summed E-state index contributed by atoms with van der Waals surface area (Å²) >= 11 is 0. The zero-order chi connectivity index (χ0) is 24.1. The summed E-state index contributed by atoms with van der Waals surface area (Å²) in [5.74, 6) is 2.19. The van der Waals surface area contributed by atoms with Crippen molar-refractivity contribution in [2.45, 2.75) is 46.3 Å². The number of nitrogens with zero attached hydrogens (tertiary/aromatic N) is 5. The number of pyridine rings is 1. The first-order chi connectivity index (χ1) is 16.5. The van der Waals surface area contributed by atoms with Crippen molar-refractivity contribution in [1.29, 1.82) is 5.41 Å². The summed E-state index contributed by atoms with van der Waals surface area (Å²) in [6.07, 6.45) is 6.12. The molecule has 0 spiro atoms. The van der Waals surface area contributed by atoms with Gasteiger partial charge in [0.15, 0.2) is 0 Å². The van der Waals surface area contributed by atoms with E-state index in [1.807, 2.05) is 31.2 Å². The normalized spacial score (nSPS) is 19.6. The summed E-state index contributed by atoms with van der Waals surface area (Å²) in [4.78, 5) is 16.1. The van der Waals surface area contributed by atoms with Crippen LogP contribution in [0.5, 0.6) is 0 Å². The molecule has 0 amide bonds. The molecule has 34 heavy (non-hydrogen) atoms. The van der Waals surface area contributed by atoms with Crippen molar-refractivity contribution in [2.24, 2.45) is 4.99 Å². The maximum Gasteiger partial charge on any atom is 0.219 e. The maximum absolute atomic E-state index is 9.38. The fraction of sp³-hybridized carbons (Fsp3) is 0.444. The van der Waals surface area contributed by atoms with Gasteiger partial charge < -0.3 is 19.8 Å². The molecule has 1 aromatic heterocycles. The molecule has 0 radical (unpaired) electrons. The maximum atomic E-state index is 9.38. The number of nitrogens with one attached hydrogen (secondary N) is 1. The summed E-state index contributed by atoms with van der Waals surface area (Å²) < 4.78 is 0. The summed E-state index contributed by atoms with van der Waals surface area (Å²) in [5, 5.41) is 18.1. The standard InChI is InChI=1S/C27H36N6O/c1-20(24-9-5-4-6-10-24)17-25(30-27(28)33-11-7-8-22(33)3)31-12-14-32(15-13-31)26-21(2)16-23(19-34)18-29-26/h4-6,9-10,16-18,22,28,34H,7-8,11-15,19H2,1-3H3/b20-17+,28-27?,30-25+. The smallest absolute Gasteiger partial charge is 0.219 e. The summed E-state index contributed by atoms with van der Waals surface area (Å²) in [6.45, 7) is 10.5. The number of aromatic nitrogens is 1. The SMILES string of the molecule is C/C(=C\C(=N/C(=N)N1CCCC1C)N1CCN(c2ncc(CO)cc2C)CC1)c1ccccc1. The predicted molar refractivity (Wildman–Crippen MR) is 139 cm³/mol. The average Bonchev–Trinajstić information content (AvgIpc) is 3.30. The van der Waals surface area contributed by atoms with Crippen molar-refractivity contribution in [2.75, 3.05) is 37.6 Å². The Morgan fingerprint density at radius 1 is 1.18 bits per heavy atom. The molecule has 2 aliphatic rings. The Labute approximate surface area is 203 Å². The molecule has 2 aliphatic heterocycles. The van der Waals surface area contributed by atoms with Gasteiger partial charge >= 0.3 is 0 Å². The van der Waals surface area contributed by atoms with E-state index in [1.54, 1.807) is 6.20 Å². The van der Waals surface area contributed by atoms with E-state index in [1.165, 1.54) is 5.56 Å². The van der Waals surface area contributed by atoms with Crippen LogP contribution in [0.25, 0.3) is 5.57 Å².